The third-order valence-electron chi connectivity index (χ3n) is 7.60. The topological polar surface area (TPSA) is 140 Å². The molecule has 0 aromatic rings. The first-order valence-corrected chi connectivity index (χ1v) is 10.4. The van der Waals surface area contributed by atoms with Gasteiger partial charge >= 0.3 is 0 Å². The average Bonchev–Trinajstić information content (AvgIpc) is 2.66. The molecule has 2 saturated carbocycles. The van der Waals surface area contributed by atoms with Crippen molar-refractivity contribution in [3.63, 3.8) is 0 Å². The van der Waals surface area contributed by atoms with Crippen molar-refractivity contribution in [2.24, 2.45) is 17.3 Å². The highest BCUT2D eigenvalue weighted by Crippen LogP contribution is 2.55. The normalized spacial score (nSPS) is 49.0. The Morgan fingerprint density at radius 1 is 1.14 bits per heavy atom. The van der Waals surface area contributed by atoms with Gasteiger partial charge in [-0.1, -0.05) is 19.1 Å². The maximum absolute atomic E-state index is 10.6. The first-order chi connectivity index (χ1) is 13.4. The van der Waals surface area contributed by atoms with Gasteiger partial charge in [0, 0.05) is 5.41 Å². The van der Waals surface area contributed by atoms with Gasteiger partial charge in [-0.2, -0.15) is 0 Å². The summed E-state index contributed by atoms with van der Waals surface area (Å²) in [7, 11) is 0. The average molecular weight is 417 g/mol. The highest BCUT2D eigenvalue weighted by Gasteiger charge is 2.54. The van der Waals surface area contributed by atoms with Crippen LogP contribution in [0.15, 0.2) is 12.2 Å². The number of ether oxygens (including phenoxy) is 2. The predicted octanol–water partition coefficient (Wildman–Crippen LogP) is -0.314. The molecular weight excluding hydrogens is 380 g/mol. The summed E-state index contributed by atoms with van der Waals surface area (Å²) in [6.07, 6.45) is -5.61. The van der Waals surface area contributed by atoms with E-state index in [0.717, 1.165) is 12.0 Å². The summed E-state index contributed by atoms with van der Waals surface area (Å²) >= 11 is 0. The zero-order chi connectivity index (χ0) is 21.7. The van der Waals surface area contributed by atoms with E-state index >= 15 is 0 Å². The van der Waals surface area contributed by atoms with Crippen LogP contribution in [-0.4, -0.2) is 85.8 Å². The zero-order valence-electron chi connectivity index (χ0n) is 17.4. The van der Waals surface area contributed by atoms with E-state index in [9.17, 15) is 30.6 Å². The van der Waals surface area contributed by atoms with Gasteiger partial charge in [-0.25, -0.2) is 0 Å². The van der Waals surface area contributed by atoms with Gasteiger partial charge in [-0.15, -0.1) is 0 Å². The monoisotopic (exact) mass is 416 g/mol. The standard InChI is InChI=1S/C21H36O8/c1-10-7-13(23)18(27)21(4)6-5-11(8-12(10)21)20(2,3)29-19-17(26)16(25)15(24)14(9-22)28-19/h11-19,22-27H,1,5-9H2,2-4H3/t11-,12+,13+,14-,15-,16+,17-,18-,19+,21-/m1/s1. The van der Waals surface area contributed by atoms with Gasteiger partial charge in [-0.05, 0) is 51.4 Å². The van der Waals surface area contributed by atoms with Crippen LogP contribution in [0.5, 0.6) is 0 Å². The molecule has 0 radical (unpaired) electrons. The van der Waals surface area contributed by atoms with Crippen LogP contribution in [0, 0.1) is 17.3 Å². The van der Waals surface area contributed by atoms with E-state index in [-0.39, 0.29) is 11.8 Å². The molecule has 3 fully saturated rings. The van der Waals surface area contributed by atoms with Crippen LogP contribution in [-0.2, 0) is 9.47 Å². The van der Waals surface area contributed by atoms with E-state index in [1.807, 2.05) is 20.8 Å². The molecule has 168 valence electrons. The van der Waals surface area contributed by atoms with Crippen molar-refractivity contribution >= 4 is 0 Å². The SMILES string of the molecule is C=C1C[C@H](O)[C@@H](O)[C@]2(C)CC[C@@H](C(C)(C)O[C@@H]3O[C@H](CO)[C@@H](O)[C@H](O)[C@H]3O)C[C@@H]12. The van der Waals surface area contributed by atoms with Crippen molar-refractivity contribution in [1.29, 1.82) is 0 Å². The maximum Gasteiger partial charge on any atom is 0.187 e. The molecule has 8 heteroatoms. The highest BCUT2D eigenvalue weighted by atomic mass is 16.7. The molecule has 1 saturated heterocycles. The van der Waals surface area contributed by atoms with E-state index < -0.39 is 60.5 Å². The fraction of sp³-hybridized carbons (Fsp3) is 0.905. The van der Waals surface area contributed by atoms with E-state index in [4.69, 9.17) is 9.47 Å². The molecule has 29 heavy (non-hydrogen) atoms. The molecule has 10 atom stereocenters. The van der Waals surface area contributed by atoms with Crippen molar-refractivity contribution in [3.8, 4) is 0 Å². The van der Waals surface area contributed by atoms with Gasteiger partial charge < -0.3 is 40.1 Å². The van der Waals surface area contributed by atoms with Gasteiger partial charge in [0.2, 0.25) is 0 Å². The summed E-state index contributed by atoms with van der Waals surface area (Å²) in [5.74, 6) is 0.101. The second kappa shape index (κ2) is 8.16. The summed E-state index contributed by atoms with van der Waals surface area (Å²) in [6, 6.07) is 0. The van der Waals surface area contributed by atoms with Crippen LogP contribution < -0.4 is 0 Å². The Morgan fingerprint density at radius 3 is 2.41 bits per heavy atom. The lowest BCUT2D eigenvalue weighted by Crippen LogP contribution is -2.61. The predicted molar refractivity (Wildman–Crippen MR) is 104 cm³/mol. The van der Waals surface area contributed by atoms with Crippen molar-refractivity contribution in [3.05, 3.63) is 12.2 Å². The Kier molecular flexibility index (Phi) is 6.50. The van der Waals surface area contributed by atoms with E-state index in [1.54, 1.807) is 0 Å². The van der Waals surface area contributed by atoms with Crippen LogP contribution in [0.3, 0.4) is 0 Å². The van der Waals surface area contributed by atoms with Crippen LogP contribution in [0.1, 0.15) is 46.5 Å². The Bertz CT molecular complexity index is 607. The Balaban J connectivity index is 1.73. The third-order valence-corrected chi connectivity index (χ3v) is 7.60. The molecule has 0 aromatic carbocycles. The van der Waals surface area contributed by atoms with Crippen LogP contribution in [0.4, 0.5) is 0 Å². The quantitative estimate of drug-likeness (QED) is 0.343. The number of fused-ring (bicyclic) bond motifs is 1. The van der Waals surface area contributed by atoms with Crippen molar-refractivity contribution in [2.75, 3.05) is 6.61 Å². The Hall–Kier alpha value is -0.580. The molecule has 3 rings (SSSR count). The zero-order valence-corrected chi connectivity index (χ0v) is 17.4. The van der Waals surface area contributed by atoms with Gasteiger partial charge in [0.15, 0.2) is 6.29 Å². The summed E-state index contributed by atoms with van der Waals surface area (Å²) in [5, 5.41) is 60.4. The largest absolute Gasteiger partial charge is 0.394 e. The smallest absolute Gasteiger partial charge is 0.187 e. The Labute approximate surface area is 171 Å². The van der Waals surface area contributed by atoms with Crippen molar-refractivity contribution in [1.82, 2.24) is 0 Å². The van der Waals surface area contributed by atoms with Gasteiger partial charge in [0.1, 0.15) is 24.4 Å². The number of aliphatic hydroxyl groups is 6. The van der Waals surface area contributed by atoms with Crippen LogP contribution >= 0.6 is 0 Å². The summed E-state index contributed by atoms with van der Waals surface area (Å²) in [4.78, 5) is 0. The minimum Gasteiger partial charge on any atom is -0.394 e. The summed E-state index contributed by atoms with van der Waals surface area (Å²) in [5.41, 5.74) is -0.251. The summed E-state index contributed by atoms with van der Waals surface area (Å²) in [6.45, 7) is 9.41. The minimum atomic E-state index is -1.48. The lowest BCUT2D eigenvalue weighted by molar-refractivity contribution is -0.330. The Morgan fingerprint density at radius 2 is 1.79 bits per heavy atom. The first kappa shape index (κ1) is 23.1. The summed E-state index contributed by atoms with van der Waals surface area (Å²) < 4.78 is 11.6. The lowest BCUT2D eigenvalue weighted by Gasteiger charge is -2.55. The third kappa shape index (κ3) is 4.02. The van der Waals surface area contributed by atoms with E-state index in [2.05, 4.69) is 6.58 Å². The van der Waals surface area contributed by atoms with E-state index in [1.165, 1.54) is 0 Å². The number of hydrogen-bond donors (Lipinski definition) is 6. The van der Waals surface area contributed by atoms with Crippen LogP contribution in [0.25, 0.3) is 0 Å². The fourth-order valence-electron chi connectivity index (χ4n) is 5.47. The molecule has 0 aromatic heterocycles. The van der Waals surface area contributed by atoms with Gasteiger partial charge in [-0.3, -0.25) is 0 Å². The lowest BCUT2D eigenvalue weighted by atomic mass is 9.53. The van der Waals surface area contributed by atoms with E-state index in [0.29, 0.717) is 19.3 Å². The molecule has 0 unspecified atom stereocenters. The molecule has 0 amide bonds. The van der Waals surface area contributed by atoms with Crippen molar-refractivity contribution < 1.29 is 40.1 Å². The second-order valence-corrected chi connectivity index (χ2v) is 9.82. The molecule has 2 aliphatic carbocycles. The maximum atomic E-state index is 10.6. The molecule has 0 spiro atoms. The minimum absolute atomic E-state index is 0.0392. The number of rotatable bonds is 4. The second-order valence-electron chi connectivity index (χ2n) is 9.82. The molecule has 1 heterocycles. The number of hydrogen-bond acceptors (Lipinski definition) is 8. The van der Waals surface area contributed by atoms with Gasteiger partial charge in [0.05, 0.1) is 24.4 Å². The molecule has 8 nitrogen and oxygen atoms in total. The van der Waals surface area contributed by atoms with Gasteiger partial charge in [0.25, 0.3) is 0 Å². The molecular formula is C21H36O8. The molecule has 3 aliphatic rings. The molecule has 0 bridgehead atoms. The highest BCUT2D eigenvalue weighted by molar-refractivity contribution is 5.18. The van der Waals surface area contributed by atoms with Crippen LogP contribution in [0.2, 0.25) is 0 Å². The molecule has 6 N–H and O–H groups in total. The first-order valence-electron chi connectivity index (χ1n) is 10.4. The fourth-order valence-corrected chi connectivity index (χ4v) is 5.47. The number of aliphatic hydroxyl groups excluding tert-OH is 6. The van der Waals surface area contributed by atoms with Crippen molar-refractivity contribution in [2.45, 2.75) is 95.0 Å². The molecule has 1 aliphatic heterocycles.